The van der Waals surface area contributed by atoms with Gasteiger partial charge in [0.15, 0.2) is 6.23 Å². The van der Waals surface area contributed by atoms with Gasteiger partial charge in [0, 0.05) is 24.1 Å². The molecule has 1 aromatic carbocycles. The predicted octanol–water partition coefficient (Wildman–Crippen LogP) is 3.35. The lowest BCUT2D eigenvalue weighted by Gasteiger charge is -2.35. The number of ether oxygens (including phenoxy) is 1. The topological polar surface area (TPSA) is 51.1 Å². The molecule has 2 aliphatic heterocycles. The fourth-order valence-corrected chi connectivity index (χ4v) is 3.21. The molecule has 1 atom stereocenters. The van der Waals surface area contributed by atoms with Crippen molar-refractivity contribution in [1.29, 1.82) is 0 Å². The number of rotatable bonds is 1. The van der Waals surface area contributed by atoms with Gasteiger partial charge in [0.2, 0.25) is 0 Å². The summed E-state index contributed by atoms with van der Waals surface area (Å²) in [6.07, 6.45) is 5.45. The largest absolute Gasteiger partial charge is 0.381 e. The molecule has 0 spiro atoms. The summed E-state index contributed by atoms with van der Waals surface area (Å²) in [5.74, 6) is 0. The Morgan fingerprint density at radius 3 is 3.00 bits per heavy atom. The highest BCUT2D eigenvalue weighted by atomic mass is 16.5. The van der Waals surface area contributed by atoms with Crippen LogP contribution < -0.4 is 10.6 Å². The number of aromatic nitrogens is 2. The molecule has 1 saturated heterocycles. The average molecular weight is 286 g/mol. The Balaban J connectivity index is 1.75. The van der Waals surface area contributed by atoms with Crippen LogP contribution >= 0.6 is 0 Å². The van der Waals surface area contributed by atoms with Crippen LogP contribution in [0.25, 0.3) is 10.9 Å². The van der Waals surface area contributed by atoms with Crippen molar-refractivity contribution in [1.82, 2.24) is 9.78 Å². The molecule has 0 aliphatic carbocycles. The van der Waals surface area contributed by atoms with Gasteiger partial charge >= 0.3 is 0 Å². The van der Waals surface area contributed by atoms with Crippen molar-refractivity contribution in [3.63, 3.8) is 0 Å². The number of hydrogen-bond donors (Lipinski definition) is 2. The molecule has 0 bridgehead atoms. The second-order valence-electron chi connectivity index (χ2n) is 6.73. The summed E-state index contributed by atoms with van der Waals surface area (Å²) in [6.45, 7) is 6.16. The van der Waals surface area contributed by atoms with Crippen molar-refractivity contribution in [3.05, 3.63) is 18.3 Å². The minimum atomic E-state index is 0.0726. The van der Waals surface area contributed by atoms with E-state index < -0.39 is 0 Å². The first-order valence-electron chi connectivity index (χ1n) is 7.77. The highest BCUT2D eigenvalue weighted by molar-refractivity contribution is 5.90. The quantitative estimate of drug-likeness (QED) is 0.844. The third-order valence-corrected chi connectivity index (χ3v) is 4.36. The standard InChI is InChI=1S/C16H22N4O/c1-16(2)10-17-12-8-14-11(7-13(12)19-16)9-18-20(14)15-5-3-4-6-21-15/h7-9,15,17,19H,3-6,10H2,1-2H3. The fourth-order valence-electron chi connectivity index (χ4n) is 3.21. The van der Waals surface area contributed by atoms with Gasteiger partial charge < -0.3 is 15.4 Å². The van der Waals surface area contributed by atoms with Gasteiger partial charge in [0.1, 0.15) is 0 Å². The number of fused-ring (bicyclic) bond motifs is 2. The van der Waals surface area contributed by atoms with Gasteiger partial charge in [-0.05, 0) is 45.2 Å². The fraction of sp³-hybridized carbons (Fsp3) is 0.562. The van der Waals surface area contributed by atoms with Crippen molar-refractivity contribution in [2.24, 2.45) is 0 Å². The minimum Gasteiger partial charge on any atom is -0.381 e. The number of hydrogen-bond acceptors (Lipinski definition) is 4. The van der Waals surface area contributed by atoms with Crippen molar-refractivity contribution >= 4 is 22.3 Å². The molecule has 4 rings (SSSR count). The zero-order valence-electron chi connectivity index (χ0n) is 12.6. The maximum absolute atomic E-state index is 5.87. The number of nitrogens with zero attached hydrogens (tertiary/aromatic N) is 2. The van der Waals surface area contributed by atoms with Crippen molar-refractivity contribution < 1.29 is 4.74 Å². The van der Waals surface area contributed by atoms with Crippen LogP contribution in [0.15, 0.2) is 18.3 Å². The second kappa shape index (κ2) is 4.63. The Bertz CT molecular complexity index is 670. The number of anilines is 2. The average Bonchev–Trinajstić information content (AvgIpc) is 2.88. The monoisotopic (exact) mass is 286 g/mol. The smallest absolute Gasteiger partial charge is 0.150 e. The Hall–Kier alpha value is -1.75. The molecule has 1 aromatic heterocycles. The third-order valence-electron chi connectivity index (χ3n) is 4.36. The van der Waals surface area contributed by atoms with E-state index in [1.165, 1.54) is 6.42 Å². The van der Waals surface area contributed by atoms with E-state index in [9.17, 15) is 0 Å². The molecule has 0 amide bonds. The Morgan fingerprint density at radius 2 is 2.19 bits per heavy atom. The van der Waals surface area contributed by atoms with Crippen LogP contribution in [0.1, 0.15) is 39.3 Å². The first-order chi connectivity index (χ1) is 10.1. The van der Waals surface area contributed by atoms with Gasteiger partial charge in [-0.15, -0.1) is 0 Å². The summed E-state index contributed by atoms with van der Waals surface area (Å²) in [6, 6.07) is 4.38. The lowest BCUT2D eigenvalue weighted by atomic mass is 10.0. The first-order valence-corrected chi connectivity index (χ1v) is 7.77. The van der Waals surface area contributed by atoms with E-state index in [-0.39, 0.29) is 11.8 Å². The van der Waals surface area contributed by atoms with Crippen LogP contribution in [-0.2, 0) is 4.74 Å². The van der Waals surface area contributed by atoms with Crippen molar-refractivity contribution in [2.45, 2.75) is 44.9 Å². The molecule has 0 saturated carbocycles. The zero-order valence-corrected chi connectivity index (χ0v) is 12.6. The molecule has 5 heteroatoms. The van der Waals surface area contributed by atoms with Crippen molar-refractivity contribution in [2.75, 3.05) is 23.8 Å². The molecule has 1 fully saturated rings. The van der Waals surface area contributed by atoms with Gasteiger partial charge in [-0.25, -0.2) is 4.68 Å². The lowest BCUT2D eigenvalue weighted by molar-refractivity contribution is -0.0366. The van der Waals surface area contributed by atoms with Crippen LogP contribution in [0.3, 0.4) is 0 Å². The van der Waals surface area contributed by atoms with Crippen LogP contribution in [-0.4, -0.2) is 28.5 Å². The summed E-state index contributed by atoms with van der Waals surface area (Å²) >= 11 is 0. The first kappa shape index (κ1) is 13.0. The highest BCUT2D eigenvalue weighted by Gasteiger charge is 2.25. The zero-order chi connectivity index (χ0) is 14.4. The Morgan fingerprint density at radius 1 is 1.29 bits per heavy atom. The molecule has 0 radical (unpaired) electrons. The number of nitrogens with one attached hydrogen (secondary N) is 2. The molecule has 5 nitrogen and oxygen atoms in total. The van der Waals surface area contributed by atoms with Gasteiger partial charge in [0.25, 0.3) is 0 Å². The van der Waals surface area contributed by atoms with Crippen LogP contribution in [0.2, 0.25) is 0 Å². The molecular formula is C16H22N4O. The van der Waals surface area contributed by atoms with Crippen molar-refractivity contribution in [3.8, 4) is 0 Å². The number of benzene rings is 1. The molecule has 2 aromatic rings. The van der Waals surface area contributed by atoms with Gasteiger partial charge in [-0.2, -0.15) is 5.10 Å². The predicted molar refractivity (Wildman–Crippen MR) is 84.8 cm³/mol. The van der Waals surface area contributed by atoms with Gasteiger partial charge in [0.05, 0.1) is 23.1 Å². The summed E-state index contributed by atoms with van der Waals surface area (Å²) in [7, 11) is 0. The molecule has 21 heavy (non-hydrogen) atoms. The molecular weight excluding hydrogens is 264 g/mol. The van der Waals surface area contributed by atoms with Gasteiger partial charge in [-0.1, -0.05) is 0 Å². The van der Waals surface area contributed by atoms with E-state index in [0.717, 1.165) is 48.3 Å². The van der Waals surface area contributed by atoms with E-state index in [2.05, 4.69) is 41.7 Å². The summed E-state index contributed by atoms with van der Waals surface area (Å²) in [5, 5.41) is 12.8. The molecule has 112 valence electrons. The summed E-state index contributed by atoms with van der Waals surface area (Å²) in [5.41, 5.74) is 3.53. The van der Waals surface area contributed by atoms with Crippen LogP contribution in [0, 0.1) is 0 Å². The normalized spacial score (nSPS) is 24.2. The molecule has 2 N–H and O–H groups in total. The van der Waals surface area contributed by atoms with E-state index >= 15 is 0 Å². The Labute approximate surface area is 124 Å². The molecule has 1 unspecified atom stereocenters. The minimum absolute atomic E-state index is 0.0726. The second-order valence-corrected chi connectivity index (χ2v) is 6.73. The summed E-state index contributed by atoms with van der Waals surface area (Å²) in [4.78, 5) is 0. The van der Waals surface area contributed by atoms with Crippen LogP contribution in [0.5, 0.6) is 0 Å². The van der Waals surface area contributed by atoms with E-state index in [1.807, 2.05) is 10.9 Å². The SMILES string of the molecule is CC1(C)CNc2cc3c(cnn3C3CCCCO3)cc2N1. The molecule has 2 aliphatic rings. The Kier molecular flexibility index (Phi) is 2.85. The van der Waals surface area contributed by atoms with E-state index in [0.29, 0.717) is 0 Å². The third kappa shape index (κ3) is 2.25. The highest BCUT2D eigenvalue weighted by Crippen LogP contribution is 2.35. The maximum atomic E-state index is 5.87. The van der Waals surface area contributed by atoms with Gasteiger partial charge in [-0.3, -0.25) is 0 Å². The maximum Gasteiger partial charge on any atom is 0.150 e. The van der Waals surface area contributed by atoms with E-state index in [1.54, 1.807) is 0 Å². The van der Waals surface area contributed by atoms with E-state index in [4.69, 9.17) is 4.74 Å². The van der Waals surface area contributed by atoms with Crippen LogP contribution in [0.4, 0.5) is 11.4 Å². The lowest BCUT2D eigenvalue weighted by Crippen LogP contribution is -2.42. The summed E-state index contributed by atoms with van der Waals surface area (Å²) < 4.78 is 7.91. The molecule has 3 heterocycles.